The first kappa shape index (κ1) is 21.6. The van der Waals surface area contributed by atoms with Gasteiger partial charge in [-0.15, -0.1) is 0 Å². The van der Waals surface area contributed by atoms with E-state index >= 15 is 0 Å². The highest BCUT2D eigenvalue weighted by Gasteiger charge is 2.18. The Morgan fingerprint density at radius 2 is 1.69 bits per heavy atom. The molecule has 0 radical (unpaired) electrons. The average Bonchev–Trinajstić information content (AvgIpc) is 2.72. The van der Waals surface area contributed by atoms with Gasteiger partial charge in [0.1, 0.15) is 5.82 Å². The van der Waals surface area contributed by atoms with Gasteiger partial charge in [0.2, 0.25) is 11.7 Å². The number of nitrogens with one attached hydrogen (secondary N) is 1. The maximum absolute atomic E-state index is 12.8. The van der Waals surface area contributed by atoms with Crippen LogP contribution in [0.1, 0.15) is 28.9 Å². The zero-order valence-corrected chi connectivity index (χ0v) is 17.1. The van der Waals surface area contributed by atoms with Crippen LogP contribution in [0.3, 0.4) is 0 Å². The number of carbonyl (C=O) groups excluding carboxylic acids is 1. The molecular formula is C21H24N4O4. The van der Waals surface area contributed by atoms with Crippen LogP contribution in [0.4, 0.5) is 5.95 Å². The lowest BCUT2D eigenvalue weighted by molar-refractivity contribution is 0.102. The van der Waals surface area contributed by atoms with Crippen molar-refractivity contribution in [2.75, 3.05) is 26.6 Å². The van der Waals surface area contributed by atoms with E-state index in [0.717, 1.165) is 5.57 Å². The predicted octanol–water partition coefficient (Wildman–Crippen LogP) is 3.60. The maximum atomic E-state index is 12.8. The molecule has 0 aliphatic rings. The van der Waals surface area contributed by atoms with Gasteiger partial charge in [-0.05, 0) is 31.6 Å². The number of ether oxygens (including phenoxy) is 3. The van der Waals surface area contributed by atoms with Crippen LogP contribution in [0, 0.1) is 6.92 Å². The van der Waals surface area contributed by atoms with Crippen molar-refractivity contribution < 1.29 is 19.0 Å². The van der Waals surface area contributed by atoms with E-state index in [1.165, 1.54) is 21.3 Å². The quantitative estimate of drug-likeness (QED) is 0.681. The number of carbonyl (C=O) groups is 1. The molecule has 29 heavy (non-hydrogen) atoms. The highest BCUT2D eigenvalue weighted by atomic mass is 16.5. The summed E-state index contributed by atoms with van der Waals surface area (Å²) in [6.45, 7) is 7.22. The monoisotopic (exact) mass is 396 g/mol. The van der Waals surface area contributed by atoms with Gasteiger partial charge >= 0.3 is 0 Å². The standard InChI is InChI=1S/C21H24N4O4/c1-7-8-9-10-13(2)19-22-14(3)23-21(24-19)25-20(26)15-11-16(27-4)18(29-6)17(12-15)28-5/h7-12H,1H2,2-6H3,(H,22,23,24,25,26)/b9-8-,13-10+. The van der Waals surface area contributed by atoms with Crippen molar-refractivity contribution in [3.05, 3.63) is 60.2 Å². The predicted molar refractivity (Wildman–Crippen MR) is 112 cm³/mol. The van der Waals surface area contributed by atoms with Gasteiger partial charge in [0, 0.05) is 5.56 Å². The molecule has 1 heterocycles. The summed E-state index contributed by atoms with van der Waals surface area (Å²) in [6.07, 6.45) is 7.15. The van der Waals surface area contributed by atoms with Crippen LogP contribution in [0.2, 0.25) is 0 Å². The van der Waals surface area contributed by atoms with Crippen molar-refractivity contribution in [2.45, 2.75) is 13.8 Å². The third kappa shape index (κ3) is 5.41. The number of methoxy groups -OCH3 is 3. The number of aromatic nitrogens is 3. The summed E-state index contributed by atoms with van der Waals surface area (Å²) < 4.78 is 15.9. The second kappa shape index (κ2) is 10.0. The highest BCUT2D eigenvalue weighted by molar-refractivity contribution is 6.04. The number of nitrogens with zero attached hydrogens (tertiary/aromatic N) is 3. The number of hydrogen-bond donors (Lipinski definition) is 1. The third-order valence-electron chi connectivity index (χ3n) is 3.85. The van der Waals surface area contributed by atoms with Gasteiger partial charge in [0.05, 0.1) is 21.3 Å². The Morgan fingerprint density at radius 3 is 2.24 bits per heavy atom. The maximum Gasteiger partial charge on any atom is 0.258 e. The van der Waals surface area contributed by atoms with E-state index in [2.05, 4.69) is 26.8 Å². The smallest absolute Gasteiger partial charge is 0.258 e. The Labute approximate surface area is 170 Å². The Kier molecular flexibility index (Phi) is 7.47. The summed E-state index contributed by atoms with van der Waals surface area (Å²) in [7, 11) is 4.46. The van der Waals surface area contributed by atoms with Crippen LogP contribution in [-0.2, 0) is 0 Å². The molecule has 0 bridgehead atoms. The minimum Gasteiger partial charge on any atom is -0.493 e. The SMILES string of the molecule is C=C/C=C\C=C(/C)c1nc(C)nc(NC(=O)c2cc(OC)c(OC)c(OC)c2)n1. The molecule has 0 spiro atoms. The van der Waals surface area contributed by atoms with E-state index < -0.39 is 5.91 Å². The van der Waals surface area contributed by atoms with Crippen molar-refractivity contribution in [3.8, 4) is 17.2 Å². The summed E-state index contributed by atoms with van der Waals surface area (Å²) in [5, 5.41) is 2.69. The molecule has 0 atom stereocenters. The van der Waals surface area contributed by atoms with Crippen LogP contribution in [0.15, 0.2) is 43.0 Å². The zero-order valence-electron chi connectivity index (χ0n) is 17.1. The number of anilines is 1. The Hall–Kier alpha value is -3.68. The first-order chi connectivity index (χ1) is 13.9. The van der Waals surface area contributed by atoms with Crippen molar-refractivity contribution in [1.82, 2.24) is 15.0 Å². The van der Waals surface area contributed by atoms with E-state index in [-0.39, 0.29) is 5.95 Å². The van der Waals surface area contributed by atoms with Crippen LogP contribution in [0.5, 0.6) is 17.2 Å². The highest BCUT2D eigenvalue weighted by Crippen LogP contribution is 2.38. The van der Waals surface area contributed by atoms with E-state index in [9.17, 15) is 4.79 Å². The van der Waals surface area contributed by atoms with Gasteiger partial charge in [0.15, 0.2) is 17.3 Å². The van der Waals surface area contributed by atoms with Crippen molar-refractivity contribution in [1.29, 1.82) is 0 Å². The normalized spacial score (nSPS) is 11.3. The summed E-state index contributed by atoms with van der Waals surface area (Å²) in [5.74, 6) is 1.82. The summed E-state index contributed by atoms with van der Waals surface area (Å²) in [4.78, 5) is 25.6. The van der Waals surface area contributed by atoms with E-state index in [0.29, 0.717) is 34.5 Å². The molecule has 0 aliphatic heterocycles. The lowest BCUT2D eigenvalue weighted by atomic mass is 10.1. The topological polar surface area (TPSA) is 95.5 Å². The van der Waals surface area contributed by atoms with Crippen LogP contribution >= 0.6 is 0 Å². The van der Waals surface area contributed by atoms with E-state index in [1.807, 2.05) is 19.1 Å². The van der Waals surface area contributed by atoms with Crippen molar-refractivity contribution in [3.63, 3.8) is 0 Å². The third-order valence-corrected chi connectivity index (χ3v) is 3.85. The van der Waals surface area contributed by atoms with Gasteiger partial charge < -0.3 is 14.2 Å². The summed E-state index contributed by atoms with van der Waals surface area (Å²) in [6, 6.07) is 3.10. The van der Waals surface area contributed by atoms with Crippen LogP contribution in [0.25, 0.3) is 5.57 Å². The van der Waals surface area contributed by atoms with Crippen LogP contribution < -0.4 is 19.5 Å². The lowest BCUT2D eigenvalue weighted by Crippen LogP contribution is -2.16. The molecule has 1 N–H and O–H groups in total. The molecule has 0 aliphatic carbocycles. The minimum atomic E-state index is -0.422. The molecule has 8 heteroatoms. The Balaban J connectivity index is 2.35. The number of benzene rings is 1. The molecule has 8 nitrogen and oxygen atoms in total. The van der Waals surface area contributed by atoms with Gasteiger partial charge in [-0.2, -0.15) is 9.97 Å². The fourth-order valence-electron chi connectivity index (χ4n) is 2.45. The molecule has 152 valence electrons. The lowest BCUT2D eigenvalue weighted by Gasteiger charge is -2.14. The summed E-state index contributed by atoms with van der Waals surface area (Å²) >= 11 is 0. The van der Waals surface area contributed by atoms with Crippen molar-refractivity contribution >= 4 is 17.4 Å². The first-order valence-electron chi connectivity index (χ1n) is 8.73. The molecule has 0 saturated heterocycles. The molecule has 1 amide bonds. The second-order valence-electron chi connectivity index (χ2n) is 5.87. The van der Waals surface area contributed by atoms with E-state index in [1.54, 1.807) is 31.2 Å². The molecule has 1 aromatic carbocycles. The van der Waals surface area contributed by atoms with Gasteiger partial charge in [-0.1, -0.05) is 30.9 Å². The number of rotatable bonds is 8. The Morgan fingerprint density at radius 1 is 1.03 bits per heavy atom. The van der Waals surface area contributed by atoms with Crippen molar-refractivity contribution in [2.24, 2.45) is 0 Å². The first-order valence-corrected chi connectivity index (χ1v) is 8.73. The molecule has 1 aromatic heterocycles. The van der Waals surface area contributed by atoms with Gasteiger partial charge in [-0.25, -0.2) is 4.98 Å². The molecule has 2 aromatic rings. The van der Waals surface area contributed by atoms with Gasteiger partial charge in [0.25, 0.3) is 5.91 Å². The zero-order chi connectivity index (χ0) is 21.4. The minimum absolute atomic E-state index is 0.145. The second-order valence-corrected chi connectivity index (χ2v) is 5.87. The largest absolute Gasteiger partial charge is 0.493 e. The number of hydrogen-bond acceptors (Lipinski definition) is 7. The molecule has 0 unspecified atom stereocenters. The number of amides is 1. The number of allylic oxidation sites excluding steroid dienone is 5. The molecule has 2 rings (SSSR count). The van der Waals surface area contributed by atoms with E-state index in [4.69, 9.17) is 14.2 Å². The molecule has 0 fully saturated rings. The summed E-state index contributed by atoms with van der Waals surface area (Å²) in [5.41, 5.74) is 1.12. The fraction of sp³-hybridized carbons (Fsp3) is 0.238. The molecule has 0 saturated carbocycles. The van der Waals surface area contributed by atoms with Crippen LogP contribution in [-0.4, -0.2) is 42.2 Å². The fourth-order valence-corrected chi connectivity index (χ4v) is 2.45. The van der Waals surface area contributed by atoms with Gasteiger partial charge in [-0.3, -0.25) is 10.1 Å². The molecular weight excluding hydrogens is 372 g/mol. The average molecular weight is 396 g/mol. The Bertz CT molecular complexity index is 942. The number of aryl methyl sites for hydroxylation is 1.